The van der Waals surface area contributed by atoms with Crippen LogP contribution in [-0.4, -0.2) is 22.8 Å². The predicted octanol–water partition coefficient (Wildman–Crippen LogP) is 2.68. The van der Waals surface area contributed by atoms with Crippen molar-refractivity contribution in [3.8, 4) is 0 Å². The molecule has 23 heavy (non-hydrogen) atoms. The average molecular weight is 310 g/mol. The van der Waals surface area contributed by atoms with Gasteiger partial charge in [-0.25, -0.2) is 0 Å². The maximum atomic E-state index is 12.0. The molecule has 0 bridgehead atoms. The van der Waals surface area contributed by atoms with Crippen molar-refractivity contribution in [3.05, 3.63) is 48.3 Å². The zero-order valence-electron chi connectivity index (χ0n) is 12.8. The SMILES string of the molecule is CC(=O)Nc1ccc(Nc2ccnc(C(=O)NC3CC3)c2)cc1. The number of rotatable bonds is 5. The molecule has 0 radical (unpaired) electrons. The Labute approximate surface area is 134 Å². The summed E-state index contributed by atoms with van der Waals surface area (Å²) in [7, 11) is 0. The van der Waals surface area contributed by atoms with E-state index in [4.69, 9.17) is 0 Å². The Bertz CT molecular complexity index is 724. The Hall–Kier alpha value is -2.89. The van der Waals surface area contributed by atoms with Gasteiger partial charge in [0.25, 0.3) is 5.91 Å². The van der Waals surface area contributed by atoms with Crippen LogP contribution in [0.25, 0.3) is 0 Å². The lowest BCUT2D eigenvalue weighted by molar-refractivity contribution is -0.114. The van der Waals surface area contributed by atoms with Crippen molar-refractivity contribution in [1.29, 1.82) is 0 Å². The molecule has 3 N–H and O–H groups in total. The number of nitrogens with one attached hydrogen (secondary N) is 3. The third-order valence-electron chi connectivity index (χ3n) is 3.40. The summed E-state index contributed by atoms with van der Waals surface area (Å²) in [5.74, 6) is -0.247. The van der Waals surface area contributed by atoms with E-state index in [2.05, 4.69) is 20.9 Å². The molecule has 0 saturated heterocycles. The van der Waals surface area contributed by atoms with Gasteiger partial charge in [-0.3, -0.25) is 14.6 Å². The van der Waals surface area contributed by atoms with Crippen LogP contribution in [0.5, 0.6) is 0 Å². The van der Waals surface area contributed by atoms with Gasteiger partial charge in [-0.2, -0.15) is 0 Å². The minimum atomic E-state index is -0.142. The number of carbonyl (C=O) groups is 2. The number of hydrogen-bond donors (Lipinski definition) is 3. The minimum absolute atomic E-state index is 0.105. The van der Waals surface area contributed by atoms with Gasteiger partial charge in [0, 0.05) is 36.2 Å². The average Bonchev–Trinajstić information content (AvgIpc) is 3.33. The van der Waals surface area contributed by atoms with Gasteiger partial charge < -0.3 is 16.0 Å². The Balaban J connectivity index is 1.67. The largest absolute Gasteiger partial charge is 0.355 e. The molecule has 6 heteroatoms. The van der Waals surface area contributed by atoms with Crippen LogP contribution < -0.4 is 16.0 Å². The maximum absolute atomic E-state index is 12.0. The summed E-state index contributed by atoms with van der Waals surface area (Å²) in [4.78, 5) is 27.1. The Morgan fingerprint density at radius 1 is 1.04 bits per heavy atom. The van der Waals surface area contributed by atoms with Crippen LogP contribution in [0.2, 0.25) is 0 Å². The summed E-state index contributed by atoms with van der Waals surface area (Å²) in [6.07, 6.45) is 3.70. The van der Waals surface area contributed by atoms with E-state index >= 15 is 0 Å². The summed E-state index contributed by atoms with van der Waals surface area (Å²) in [5, 5.41) is 8.85. The Morgan fingerprint density at radius 2 is 1.74 bits per heavy atom. The first-order valence-corrected chi connectivity index (χ1v) is 7.52. The van der Waals surface area contributed by atoms with Gasteiger partial charge in [-0.1, -0.05) is 0 Å². The van der Waals surface area contributed by atoms with E-state index < -0.39 is 0 Å². The molecule has 1 fully saturated rings. The second-order valence-electron chi connectivity index (χ2n) is 5.56. The highest BCUT2D eigenvalue weighted by molar-refractivity contribution is 5.93. The van der Waals surface area contributed by atoms with Crippen molar-refractivity contribution >= 4 is 28.9 Å². The third-order valence-corrected chi connectivity index (χ3v) is 3.40. The van der Waals surface area contributed by atoms with Gasteiger partial charge in [-0.15, -0.1) is 0 Å². The van der Waals surface area contributed by atoms with E-state index in [9.17, 15) is 9.59 Å². The molecule has 0 spiro atoms. The Morgan fingerprint density at radius 3 is 2.39 bits per heavy atom. The highest BCUT2D eigenvalue weighted by atomic mass is 16.2. The van der Waals surface area contributed by atoms with Crippen molar-refractivity contribution < 1.29 is 9.59 Å². The number of anilines is 3. The molecule has 0 atom stereocenters. The smallest absolute Gasteiger partial charge is 0.270 e. The van der Waals surface area contributed by atoms with Crippen molar-refractivity contribution in [2.45, 2.75) is 25.8 Å². The van der Waals surface area contributed by atoms with Crippen LogP contribution in [0.4, 0.5) is 17.1 Å². The lowest BCUT2D eigenvalue weighted by atomic mass is 10.2. The van der Waals surface area contributed by atoms with E-state index in [0.29, 0.717) is 11.7 Å². The van der Waals surface area contributed by atoms with Crippen LogP contribution in [0.3, 0.4) is 0 Å². The van der Waals surface area contributed by atoms with Gasteiger partial charge in [0.1, 0.15) is 5.69 Å². The predicted molar refractivity (Wildman–Crippen MR) is 88.8 cm³/mol. The lowest BCUT2D eigenvalue weighted by Gasteiger charge is -2.09. The van der Waals surface area contributed by atoms with Gasteiger partial charge in [0.15, 0.2) is 0 Å². The van der Waals surface area contributed by atoms with Gasteiger partial charge in [0.05, 0.1) is 0 Å². The zero-order chi connectivity index (χ0) is 16.2. The van der Waals surface area contributed by atoms with Crippen LogP contribution in [-0.2, 0) is 4.79 Å². The monoisotopic (exact) mass is 310 g/mol. The highest BCUT2D eigenvalue weighted by Gasteiger charge is 2.24. The van der Waals surface area contributed by atoms with Gasteiger partial charge >= 0.3 is 0 Å². The first-order valence-electron chi connectivity index (χ1n) is 7.52. The molecule has 118 valence electrons. The van der Waals surface area contributed by atoms with Crippen molar-refractivity contribution in [2.24, 2.45) is 0 Å². The first kappa shape index (κ1) is 15.0. The molecular weight excluding hydrogens is 292 g/mol. The summed E-state index contributed by atoms with van der Waals surface area (Å²) in [6.45, 7) is 1.47. The second-order valence-corrected chi connectivity index (χ2v) is 5.56. The van der Waals surface area contributed by atoms with Crippen molar-refractivity contribution in [2.75, 3.05) is 10.6 Å². The number of nitrogens with zero attached hydrogens (tertiary/aromatic N) is 1. The van der Waals surface area contributed by atoms with E-state index in [-0.39, 0.29) is 11.8 Å². The second kappa shape index (κ2) is 6.48. The van der Waals surface area contributed by atoms with E-state index in [1.54, 1.807) is 18.3 Å². The molecule has 2 amide bonds. The van der Waals surface area contributed by atoms with E-state index in [1.807, 2.05) is 24.3 Å². The quantitative estimate of drug-likeness (QED) is 0.793. The maximum Gasteiger partial charge on any atom is 0.270 e. The molecular formula is C17H18N4O2. The third kappa shape index (κ3) is 4.29. The lowest BCUT2D eigenvalue weighted by Crippen LogP contribution is -2.26. The van der Waals surface area contributed by atoms with Crippen molar-refractivity contribution in [3.63, 3.8) is 0 Å². The molecule has 1 aromatic heterocycles. The molecule has 1 aliphatic rings. The normalized spacial score (nSPS) is 13.3. The summed E-state index contributed by atoms with van der Waals surface area (Å²) in [6, 6.07) is 11.2. The van der Waals surface area contributed by atoms with E-state index in [1.165, 1.54) is 6.92 Å². The fourth-order valence-electron chi connectivity index (χ4n) is 2.13. The van der Waals surface area contributed by atoms with Crippen LogP contribution in [0.1, 0.15) is 30.3 Å². The molecule has 1 saturated carbocycles. The highest BCUT2D eigenvalue weighted by Crippen LogP contribution is 2.21. The van der Waals surface area contributed by atoms with Gasteiger partial charge in [0.2, 0.25) is 5.91 Å². The Kier molecular flexibility index (Phi) is 4.23. The van der Waals surface area contributed by atoms with Crippen LogP contribution >= 0.6 is 0 Å². The summed E-state index contributed by atoms with van der Waals surface area (Å²) in [5.41, 5.74) is 2.78. The molecule has 0 unspecified atom stereocenters. The topological polar surface area (TPSA) is 83.1 Å². The number of aromatic nitrogens is 1. The molecule has 1 aliphatic carbocycles. The standard InChI is InChI=1S/C17H18N4O2/c1-11(22)19-12-2-4-13(5-3-12)20-15-8-9-18-16(10-15)17(23)21-14-6-7-14/h2-5,8-10,14H,6-7H2,1H3,(H,18,20)(H,19,22)(H,21,23). The number of benzene rings is 1. The van der Waals surface area contributed by atoms with Crippen molar-refractivity contribution in [1.82, 2.24) is 10.3 Å². The number of amides is 2. The molecule has 0 aliphatic heterocycles. The number of hydrogen-bond acceptors (Lipinski definition) is 4. The number of pyridine rings is 1. The zero-order valence-corrected chi connectivity index (χ0v) is 12.8. The number of carbonyl (C=O) groups excluding carboxylic acids is 2. The molecule has 1 heterocycles. The molecule has 6 nitrogen and oxygen atoms in total. The van der Waals surface area contributed by atoms with Crippen LogP contribution in [0.15, 0.2) is 42.6 Å². The first-order chi connectivity index (χ1) is 11.1. The molecule has 3 rings (SSSR count). The minimum Gasteiger partial charge on any atom is -0.355 e. The summed E-state index contributed by atoms with van der Waals surface area (Å²) >= 11 is 0. The van der Waals surface area contributed by atoms with Crippen LogP contribution in [0, 0.1) is 0 Å². The van der Waals surface area contributed by atoms with Gasteiger partial charge in [-0.05, 0) is 49.2 Å². The summed E-state index contributed by atoms with van der Waals surface area (Å²) < 4.78 is 0. The fraction of sp³-hybridized carbons (Fsp3) is 0.235. The molecule has 1 aromatic carbocycles. The van der Waals surface area contributed by atoms with E-state index in [0.717, 1.165) is 29.9 Å². The fourth-order valence-corrected chi connectivity index (χ4v) is 2.13. The molecule has 2 aromatic rings.